The summed E-state index contributed by atoms with van der Waals surface area (Å²) in [4.78, 5) is 15.7. The van der Waals surface area contributed by atoms with Gasteiger partial charge in [0.2, 0.25) is 0 Å². The second kappa shape index (κ2) is 7.19. The van der Waals surface area contributed by atoms with E-state index in [2.05, 4.69) is 27.6 Å². The highest BCUT2D eigenvalue weighted by molar-refractivity contribution is 5.93. The van der Waals surface area contributed by atoms with Crippen molar-refractivity contribution in [2.24, 2.45) is 5.10 Å². The number of carbonyl (C=O) groups excluding carboxylic acids is 1. The lowest BCUT2D eigenvalue weighted by atomic mass is 10.1. The zero-order valence-electron chi connectivity index (χ0n) is 11.4. The van der Waals surface area contributed by atoms with Gasteiger partial charge in [-0.25, -0.2) is 5.43 Å². The number of aryl methyl sites for hydroxylation is 1. The van der Waals surface area contributed by atoms with Gasteiger partial charge in [-0.3, -0.25) is 9.78 Å². The predicted molar refractivity (Wildman–Crippen MR) is 79.6 cm³/mol. The van der Waals surface area contributed by atoms with E-state index in [9.17, 15) is 4.79 Å². The maximum absolute atomic E-state index is 11.7. The lowest BCUT2D eigenvalue weighted by Gasteiger charge is -2.03. The van der Waals surface area contributed by atoms with Gasteiger partial charge in [-0.15, -0.1) is 0 Å². The number of nitrogens with zero attached hydrogens (tertiary/aromatic N) is 2. The van der Waals surface area contributed by atoms with E-state index in [4.69, 9.17) is 0 Å². The Bertz CT molecular complexity index is 579. The fraction of sp³-hybridized carbons (Fsp3) is 0.188. The fourth-order valence-corrected chi connectivity index (χ4v) is 1.73. The summed E-state index contributed by atoms with van der Waals surface area (Å²) in [6, 6.07) is 15.4. The number of hydrogen-bond donors (Lipinski definition) is 1. The third-order valence-electron chi connectivity index (χ3n) is 2.86. The molecule has 4 heteroatoms. The highest BCUT2D eigenvalue weighted by Gasteiger charge is 2.04. The van der Waals surface area contributed by atoms with Crippen molar-refractivity contribution in [2.75, 3.05) is 0 Å². The molecule has 2 aromatic rings. The van der Waals surface area contributed by atoms with E-state index in [1.54, 1.807) is 24.4 Å². The minimum atomic E-state index is -0.287. The van der Waals surface area contributed by atoms with Crippen molar-refractivity contribution in [2.45, 2.75) is 19.8 Å². The number of hydrazone groups is 1. The van der Waals surface area contributed by atoms with Gasteiger partial charge in [0.1, 0.15) is 5.69 Å². The lowest BCUT2D eigenvalue weighted by molar-refractivity contribution is 0.0949. The van der Waals surface area contributed by atoms with Gasteiger partial charge in [-0.1, -0.05) is 36.4 Å². The van der Waals surface area contributed by atoms with Gasteiger partial charge in [-0.05, 0) is 37.5 Å². The third-order valence-corrected chi connectivity index (χ3v) is 2.86. The lowest BCUT2D eigenvalue weighted by Crippen LogP contribution is -2.20. The van der Waals surface area contributed by atoms with Gasteiger partial charge in [0, 0.05) is 11.9 Å². The van der Waals surface area contributed by atoms with Gasteiger partial charge in [0.25, 0.3) is 5.91 Å². The van der Waals surface area contributed by atoms with Crippen LogP contribution in [0.4, 0.5) is 0 Å². The standard InChI is InChI=1S/C16H17N3O/c1-13(10-11-14-7-3-2-4-8-14)18-19-16(20)15-9-5-6-12-17-15/h2-9,12H,10-11H2,1H3,(H,19,20)/b18-13+. The van der Waals surface area contributed by atoms with E-state index in [0.717, 1.165) is 18.6 Å². The molecule has 0 unspecified atom stereocenters. The quantitative estimate of drug-likeness (QED) is 0.669. The monoisotopic (exact) mass is 267 g/mol. The van der Waals surface area contributed by atoms with Crippen LogP contribution in [0.3, 0.4) is 0 Å². The molecule has 1 aromatic carbocycles. The molecule has 1 N–H and O–H groups in total. The van der Waals surface area contributed by atoms with E-state index >= 15 is 0 Å². The van der Waals surface area contributed by atoms with Crippen LogP contribution in [0.2, 0.25) is 0 Å². The molecule has 0 bridgehead atoms. The van der Waals surface area contributed by atoms with Crippen LogP contribution < -0.4 is 5.43 Å². The van der Waals surface area contributed by atoms with Crippen molar-refractivity contribution in [3.05, 3.63) is 66.0 Å². The number of carbonyl (C=O) groups is 1. The molecule has 20 heavy (non-hydrogen) atoms. The van der Waals surface area contributed by atoms with Crippen LogP contribution in [-0.2, 0) is 6.42 Å². The molecule has 0 atom stereocenters. The Kier molecular flexibility index (Phi) is 5.00. The van der Waals surface area contributed by atoms with Gasteiger partial charge in [-0.2, -0.15) is 5.10 Å². The Balaban J connectivity index is 1.84. The van der Waals surface area contributed by atoms with Gasteiger partial charge in [0.15, 0.2) is 0 Å². The second-order valence-electron chi connectivity index (χ2n) is 4.49. The molecule has 2 rings (SSSR count). The number of amides is 1. The SMILES string of the molecule is C/C(CCc1ccccc1)=N\NC(=O)c1ccccn1. The van der Waals surface area contributed by atoms with Crippen molar-refractivity contribution in [1.29, 1.82) is 0 Å². The molecule has 0 aliphatic heterocycles. The largest absolute Gasteiger partial charge is 0.289 e. The first-order valence-corrected chi connectivity index (χ1v) is 6.54. The van der Waals surface area contributed by atoms with Crippen LogP contribution in [-0.4, -0.2) is 16.6 Å². The smallest absolute Gasteiger partial charge is 0.266 e. The van der Waals surface area contributed by atoms with Crippen LogP contribution >= 0.6 is 0 Å². The van der Waals surface area contributed by atoms with Crippen molar-refractivity contribution in [3.63, 3.8) is 0 Å². The summed E-state index contributed by atoms with van der Waals surface area (Å²) < 4.78 is 0. The molecule has 1 amide bonds. The van der Waals surface area contributed by atoms with Crippen molar-refractivity contribution < 1.29 is 4.79 Å². The average Bonchev–Trinajstić information content (AvgIpc) is 2.52. The Morgan fingerprint density at radius 3 is 2.60 bits per heavy atom. The zero-order valence-corrected chi connectivity index (χ0v) is 11.4. The molecule has 1 aromatic heterocycles. The molecule has 0 aliphatic rings. The Morgan fingerprint density at radius 2 is 1.90 bits per heavy atom. The number of nitrogens with one attached hydrogen (secondary N) is 1. The number of aromatic nitrogens is 1. The highest BCUT2D eigenvalue weighted by Crippen LogP contribution is 2.03. The fourth-order valence-electron chi connectivity index (χ4n) is 1.73. The topological polar surface area (TPSA) is 54.4 Å². The minimum Gasteiger partial charge on any atom is -0.266 e. The zero-order chi connectivity index (χ0) is 14.2. The first-order valence-electron chi connectivity index (χ1n) is 6.54. The number of benzene rings is 1. The van der Waals surface area contributed by atoms with Gasteiger partial charge >= 0.3 is 0 Å². The summed E-state index contributed by atoms with van der Waals surface area (Å²) in [5.74, 6) is -0.287. The first kappa shape index (κ1) is 13.9. The maximum Gasteiger partial charge on any atom is 0.289 e. The molecule has 0 saturated carbocycles. The molecule has 4 nitrogen and oxygen atoms in total. The average molecular weight is 267 g/mol. The summed E-state index contributed by atoms with van der Waals surface area (Å²) >= 11 is 0. The van der Waals surface area contributed by atoms with Crippen LogP contribution in [0.5, 0.6) is 0 Å². The maximum atomic E-state index is 11.7. The van der Waals surface area contributed by atoms with Crippen molar-refractivity contribution in [3.8, 4) is 0 Å². The van der Waals surface area contributed by atoms with Crippen LogP contribution in [0.1, 0.15) is 29.4 Å². The van der Waals surface area contributed by atoms with E-state index in [1.807, 2.05) is 25.1 Å². The molecule has 0 saturated heterocycles. The molecular weight excluding hydrogens is 250 g/mol. The summed E-state index contributed by atoms with van der Waals surface area (Å²) in [6.07, 6.45) is 3.31. The van der Waals surface area contributed by atoms with E-state index in [-0.39, 0.29) is 5.91 Å². The molecule has 0 radical (unpaired) electrons. The highest BCUT2D eigenvalue weighted by atomic mass is 16.2. The van der Waals surface area contributed by atoms with E-state index in [1.165, 1.54) is 5.56 Å². The molecule has 0 spiro atoms. The molecular formula is C16H17N3O. The molecule has 0 aliphatic carbocycles. The Labute approximate surface area is 118 Å². The van der Waals surface area contributed by atoms with E-state index < -0.39 is 0 Å². The number of rotatable bonds is 5. The van der Waals surface area contributed by atoms with E-state index in [0.29, 0.717) is 5.69 Å². The predicted octanol–water partition coefficient (Wildman–Crippen LogP) is 2.82. The third kappa shape index (κ3) is 4.31. The van der Waals surface area contributed by atoms with Crippen molar-refractivity contribution in [1.82, 2.24) is 10.4 Å². The molecule has 1 heterocycles. The second-order valence-corrected chi connectivity index (χ2v) is 4.49. The summed E-state index contributed by atoms with van der Waals surface area (Å²) in [5.41, 5.74) is 5.04. The van der Waals surface area contributed by atoms with Gasteiger partial charge < -0.3 is 0 Å². The summed E-state index contributed by atoms with van der Waals surface area (Å²) in [5, 5.41) is 4.09. The summed E-state index contributed by atoms with van der Waals surface area (Å²) in [7, 11) is 0. The normalized spacial score (nSPS) is 11.2. The first-order chi connectivity index (χ1) is 9.75. The molecule has 0 fully saturated rings. The Morgan fingerprint density at radius 1 is 1.15 bits per heavy atom. The van der Waals surface area contributed by atoms with Crippen LogP contribution in [0.25, 0.3) is 0 Å². The van der Waals surface area contributed by atoms with Crippen LogP contribution in [0.15, 0.2) is 59.8 Å². The number of pyridine rings is 1. The van der Waals surface area contributed by atoms with Gasteiger partial charge in [0.05, 0.1) is 0 Å². The van der Waals surface area contributed by atoms with Crippen molar-refractivity contribution >= 4 is 11.6 Å². The number of hydrogen-bond acceptors (Lipinski definition) is 3. The minimum absolute atomic E-state index is 0.287. The molecule has 102 valence electrons. The van der Waals surface area contributed by atoms with Crippen LogP contribution in [0, 0.1) is 0 Å². The summed E-state index contributed by atoms with van der Waals surface area (Å²) in [6.45, 7) is 1.90. The Hall–Kier alpha value is -2.49.